The highest BCUT2D eigenvalue weighted by molar-refractivity contribution is 5.69. The standard InChI is InChI=1S/C18H13N3/c1-2-6-14(7-3-1)15-9-11-21-13-17(20-18(21)12-15)16-8-4-5-10-19-16/h1-13H. The summed E-state index contributed by atoms with van der Waals surface area (Å²) in [5, 5.41) is 0. The number of hydrogen-bond acceptors (Lipinski definition) is 2. The molecule has 4 rings (SSSR count). The van der Waals surface area contributed by atoms with E-state index in [2.05, 4.69) is 34.2 Å². The Balaban J connectivity index is 1.82. The number of pyridine rings is 2. The average molecular weight is 271 g/mol. The molecule has 4 aromatic rings. The zero-order valence-electron chi connectivity index (χ0n) is 11.3. The van der Waals surface area contributed by atoms with Crippen LogP contribution >= 0.6 is 0 Å². The van der Waals surface area contributed by atoms with Gasteiger partial charge in [0.05, 0.1) is 5.69 Å². The molecule has 0 radical (unpaired) electrons. The molecule has 0 saturated carbocycles. The van der Waals surface area contributed by atoms with Gasteiger partial charge in [0.25, 0.3) is 0 Å². The summed E-state index contributed by atoms with van der Waals surface area (Å²) < 4.78 is 2.02. The third-order valence-corrected chi connectivity index (χ3v) is 3.49. The molecule has 1 aromatic carbocycles. The van der Waals surface area contributed by atoms with Gasteiger partial charge in [0, 0.05) is 18.6 Å². The molecule has 0 aliphatic rings. The molecular weight excluding hydrogens is 258 g/mol. The maximum atomic E-state index is 4.67. The quantitative estimate of drug-likeness (QED) is 0.550. The molecule has 3 aromatic heterocycles. The summed E-state index contributed by atoms with van der Waals surface area (Å²) in [6.07, 6.45) is 5.83. The molecule has 3 nitrogen and oxygen atoms in total. The first-order chi connectivity index (χ1) is 10.4. The average Bonchev–Trinajstić information content (AvgIpc) is 2.99. The molecule has 0 saturated heterocycles. The smallest absolute Gasteiger partial charge is 0.138 e. The van der Waals surface area contributed by atoms with E-state index in [1.54, 1.807) is 6.20 Å². The van der Waals surface area contributed by atoms with Gasteiger partial charge < -0.3 is 4.40 Å². The van der Waals surface area contributed by atoms with Crippen LogP contribution in [-0.2, 0) is 0 Å². The van der Waals surface area contributed by atoms with Crippen LogP contribution < -0.4 is 0 Å². The van der Waals surface area contributed by atoms with E-state index in [9.17, 15) is 0 Å². The number of nitrogens with zero attached hydrogens (tertiary/aromatic N) is 3. The fourth-order valence-corrected chi connectivity index (χ4v) is 2.43. The van der Waals surface area contributed by atoms with Crippen LogP contribution in [0.25, 0.3) is 28.2 Å². The summed E-state index contributed by atoms with van der Waals surface area (Å²) >= 11 is 0. The minimum absolute atomic E-state index is 0.890. The predicted molar refractivity (Wildman–Crippen MR) is 83.9 cm³/mol. The first kappa shape index (κ1) is 11.9. The Bertz CT molecular complexity index is 843. The minimum Gasteiger partial charge on any atom is -0.306 e. The van der Waals surface area contributed by atoms with Crippen molar-refractivity contribution < 1.29 is 0 Å². The molecule has 3 heteroatoms. The van der Waals surface area contributed by atoms with Gasteiger partial charge in [0.2, 0.25) is 0 Å². The van der Waals surface area contributed by atoms with E-state index >= 15 is 0 Å². The SMILES string of the molecule is c1ccc(-c2ccn3cc(-c4ccccn4)nc3c2)cc1. The second-order valence-corrected chi connectivity index (χ2v) is 4.89. The van der Waals surface area contributed by atoms with Gasteiger partial charge in [-0.25, -0.2) is 4.98 Å². The van der Waals surface area contributed by atoms with Crippen LogP contribution in [0, 0.1) is 0 Å². The van der Waals surface area contributed by atoms with Crippen LogP contribution in [0.4, 0.5) is 0 Å². The summed E-state index contributed by atoms with van der Waals surface area (Å²) in [4.78, 5) is 9.02. The van der Waals surface area contributed by atoms with E-state index in [1.807, 2.05) is 53.2 Å². The molecule has 0 spiro atoms. The Hall–Kier alpha value is -2.94. The summed E-state index contributed by atoms with van der Waals surface area (Å²) in [5.74, 6) is 0. The van der Waals surface area contributed by atoms with Crippen molar-refractivity contribution in [3.63, 3.8) is 0 Å². The molecule has 0 aliphatic heterocycles. The van der Waals surface area contributed by atoms with E-state index in [4.69, 9.17) is 0 Å². The lowest BCUT2D eigenvalue weighted by Crippen LogP contribution is -1.84. The van der Waals surface area contributed by atoms with Crippen molar-refractivity contribution in [2.24, 2.45) is 0 Å². The second kappa shape index (κ2) is 4.87. The Morgan fingerprint density at radius 2 is 1.62 bits per heavy atom. The summed E-state index contributed by atoms with van der Waals surface area (Å²) in [6, 6.07) is 20.4. The Kier molecular flexibility index (Phi) is 2.75. The minimum atomic E-state index is 0.890. The van der Waals surface area contributed by atoms with Gasteiger partial charge in [0.1, 0.15) is 11.3 Å². The maximum Gasteiger partial charge on any atom is 0.138 e. The highest BCUT2D eigenvalue weighted by Crippen LogP contribution is 2.22. The van der Waals surface area contributed by atoms with Crippen molar-refractivity contribution in [3.05, 3.63) is 79.3 Å². The van der Waals surface area contributed by atoms with Gasteiger partial charge in [-0.1, -0.05) is 36.4 Å². The fraction of sp³-hybridized carbons (Fsp3) is 0. The van der Waals surface area contributed by atoms with Gasteiger partial charge in [-0.05, 0) is 35.4 Å². The molecule has 0 N–H and O–H groups in total. The lowest BCUT2D eigenvalue weighted by Gasteiger charge is -2.01. The summed E-state index contributed by atoms with van der Waals surface area (Å²) in [7, 11) is 0. The van der Waals surface area contributed by atoms with Gasteiger partial charge in [0.15, 0.2) is 0 Å². The molecule has 0 aliphatic carbocycles. The number of aromatic nitrogens is 3. The van der Waals surface area contributed by atoms with Crippen LogP contribution in [0.5, 0.6) is 0 Å². The van der Waals surface area contributed by atoms with Crippen molar-refractivity contribution in [3.8, 4) is 22.5 Å². The van der Waals surface area contributed by atoms with Crippen molar-refractivity contribution in [1.82, 2.24) is 14.4 Å². The number of imidazole rings is 1. The van der Waals surface area contributed by atoms with E-state index in [0.717, 1.165) is 17.0 Å². The lowest BCUT2D eigenvalue weighted by atomic mass is 10.1. The van der Waals surface area contributed by atoms with Crippen molar-refractivity contribution in [2.75, 3.05) is 0 Å². The van der Waals surface area contributed by atoms with Gasteiger partial charge in [-0.15, -0.1) is 0 Å². The first-order valence-corrected chi connectivity index (χ1v) is 6.86. The van der Waals surface area contributed by atoms with Crippen molar-refractivity contribution in [2.45, 2.75) is 0 Å². The molecule has 0 unspecified atom stereocenters. The van der Waals surface area contributed by atoms with E-state index in [-0.39, 0.29) is 0 Å². The predicted octanol–water partition coefficient (Wildman–Crippen LogP) is 4.06. The molecule has 21 heavy (non-hydrogen) atoms. The van der Waals surface area contributed by atoms with Crippen LogP contribution in [0.15, 0.2) is 79.3 Å². The van der Waals surface area contributed by atoms with Crippen molar-refractivity contribution >= 4 is 5.65 Å². The third kappa shape index (κ3) is 2.19. The Morgan fingerprint density at radius 3 is 2.43 bits per heavy atom. The second-order valence-electron chi connectivity index (χ2n) is 4.89. The molecule has 3 heterocycles. The summed E-state index contributed by atoms with van der Waals surface area (Å²) in [6.45, 7) is 0. The molecular formula is C18H13N3. The zero-order valence-corrected chi connectivity index (χ0v) is 11.3. The topological polar surface area (TPSA) is 30.2 Å². The van der Waals surface area contributed by atoms with Crippen molar-refractivity contribution in [1.29, 1.82) is 0 Å². The number of rotatable bonds is 2. The summed E-state index contributed by atoms with van der Waals surface area (Å²) in [5.41, 5.74) is 5.07. The number of fused-ring (bicyclic) bond motifs is 1. The fourth-order valence-electron chi connectivity index (χ4n) is 2.43. The van der Waals surface area contributed by atoms with Crippen LogP contribution in [0.3, 0.4) is 0 Å². The monoisotopic (exact) mass is 271 g/mol. The van der Waals surface area contributed by atoms with Gasteiger partial charge in [-0.3, -0.25) is 4.98 Å². The Labute approximate surface area is 122 Å². The molecule has 0 fully saturated rings. The van der Waals surface area contributed by atoms with E-state index in [0.29, 0.717) is 0 Å². The van der Waals surface area contributed by atoms with Gasteiger partial charge >= 0.3 is 0 Å². The van der Waals surface area contributed by atoms with E-state index < -0.39 is 0 Å². The highest BCUT2D eigenvalue weighted by atomic mass is 15.0. The van der Waals surface area contributed by atoms with Crippen LogP contribution in [0.2, 0.25) is 0 Å². The first-order valence-electron chi connectivity index (χ1n) is 6.86. The van der Waals surface area contributed by atoms with Gasteiger partial charge in [-0.2, -0.15) is 0 Å². The Morgan fingerprint density at radius 1 is 0.762 bits per heavy atom. The highest BCUT2D eigenvalue weighted by Gasteiger charge is 2.06. The zero-order chi connectivity index (χ0) is 14.1. The number of benzene rings is 1. The number of hydrogen-bond donors (Lipinski definition) is 0. The largest absolute Gasteiger partial charge is 0.306 e. The third-order valence-electron chi connectivity index (χ3n) is 3.49. The molecule has 0 bridgehead atoms. The maximum absolute atomic E-state index is 4.67. The normalized spacial score (nSPS) is 10.9. The molecule has 0 atom stereocenters. The van der Waals surface area contributed by atoms with E-state index in [1.165, 1.54) is 11.1 Å². The molecule has 100 valence electrons. The van der Waals surface area contributed by atoms with Crippen LogP contribution in [0.1, 0.15) is 0 Å². The van der Waals surface area contributed by atoms with Crippen LogP contribution in [-0.4, -0.2) is 14.4 Å². The lowest BCUT2D eigenvalue weighted by molar-refractivity contribution is 1.19. The molecule has 0 amide bonds.